The second-order valence-electron chi connectivity index (χ2n) is 11.0. The molecule has 0 aliphatic carbocycles. The Morgan fingerprint density at radius 3 is 2.17 bits per heavy atom. The fourth-order valence-electron chi connectivity index (χ4n) is 5.00. The molecule has 0 bridgehead atoms. The minimum Gasteiger partial charge on any atom is -0.493 e. The monoisotopic (exact) mass is 574 g/mol. The third-order valence-electron chi connectivity index (χ3n) is 7.25. The Bertz CT molecular complexity index is 1350. The first kappa shape index (κ1) is 32.2. The summed E-state index contributed by atoms with van der Waals surface area (Å²) in [5.74, 6) is -1.25. The molecule has 0 saturated carbocycles. The number of aryl methyl sites for hydroxylation is 3. The number of carbonyl (C=O) groups excluding carboxylic acids is 2. The number of hydrogen-bond donors (Lipinski definition) is 3. The fraction of sp³-hybridized carbons (Fsp3) is 0.382. The van der Waals surface area contributed by atoms with Crippen LogP contribution in [0.15, 0.2) is 66.7 Å². The molecule has 3 aromatic carbocycles. The molecule has 0 spiro atoms. The average Bonchev–Trinajstić information content (AvgIpc) is 2.96. The predicted octanol–water partition coefficient (Wildman–Crippen LogP) is 6.12. The Morgan fingerprint density at radius 2 is 1.55 bits per heavy atom. The molecule has 1 unspecified atom stereocenters. The van der Waals surface area contributed by atoms with Gasteiger partial charge in [0.2, 0.25) is 11.8 Å². The highest BCUT2D eigenvalue weighted by Gasteiger charge is 2.27. The van der Waals surface area contributed by atoms with Crippen molar-refractivity contribution < 1.29 is 29.0 Å². The lowest BCUT2D eigenvalue weighted by Crippen LogP contribution is -2.37. The molecule has 8 nitrogen and oxygen atoms in total. The number of hydrogen-bond acceptors (Lipinski definition) is 5. The molecule has 8 heteroatoms. The van der Waals surface area contributed by atoms with E-state index in [0.29, 0.717) is 29.2 Å². The van der Waals surface area contributed by atoms with E-state index in [9.17, 15) is 19.5 Å². The smallest absolute Gasteiger partial charge is 0.305 e. The van der Waals surface area contributed by atoms with E-state index in [2.05, 4.69) is 35.8 Å². The molecule has 224 valence electrons. The zero-order chi connectivity index (χ0) is 30.6. The van der Waals surface area contributed by atoms with Gasteiger partial charge in [-0.2, -0.15) is 0 Å². The normalized spacial score (nSPS) is 12.3. The summed E-state index contributed by atoms with van der Waals surface area (Å²) in [6, 6.07) is 20.3. The lowest BCUT2D eigenvalue weighted by molar-refractivity contribution is -0.138. The van der Waals surface area contributed by atoms with E-state index in [0.717, 1.165) is 12.8 Å². The minimum atomic E-state index is -1.06. The largest absolute Gasteiger partial charge is 0.493 e. The van der Waals surface area contributed by atoms with Crippen LogP contribution in [-0.2, 0) is 27.2 Å². The van der Waals surface area contributed by atoms with Gasteiger partial charge in [-0.25, -0.2) is 0 Å². The lowest BCUT2D eigenvalue weighted by atomic mass is 9.92. The third kappa shape index (κ3) is 9.65. The molecule has 0 aliphatic rings. The zero-order valence-electron chi connectivity index (χ0n) is 25.1. The first-order valence-electron chi connectivity index (χ1n) is 14.3. The standard InChI is InChI=1S/C34H42N2O6/c1-22(2)18-27(34(40)36-29(21-33(38)39)26-14-17-30(41-4)31(19-26)42-5)20-32(37)35-28-15-11-24(12-16-28)10-13-25-9-7-6-8-23(25)3/h6-9,11-12,14-17,19,22,27,29H,10,13,18,20-21H2,1-5H3,(H,35,37)(H,36,40)(H,38,39)/t27?,29-/m0/s1. The molecule has 3 N–H and O–H groups in total. The summed E-state index contributed by atoms with van der Waals surface area (Å²) in [5.41, 5.74) is 5.00. The number of nitrogens with one attached hydrogen (secondary N) is 2. The molecule has 42 heavy (non-hydrogen) atoms. The van der Waals surface area contributed by atoms with Crippen molar-refractivity contribution in [3.8, 4) is 11.5 Å². The van der Waals surface area contributed by atoms with Crippen LogP contribution in [0.4, 0.5) is 5.69 Å². The Balaban J connectivity index is 1.65. The number of carboxylic acids is 1. The quantitative estimate of drug-likeness (QED) is 0.202. The minimum absolute atomic E-state index is 0.0230. The van der Waals surface area contributed by atoms with Crippen LogP contribution in [0.2, 0.25) is 0 Å². The lowest BCUT2D eigenvalue weighted by Gasteiger charge is -2.24. The van der Waals surface area contributed by atoms with Crippen LogP contribution in [0.25, 0.3) is 0 Å². The Kier molecular flexibility index (Phi) is 12.0. The maximum atomic E-state index is 13.4. The molecule has 0 radical (unpaired) electrons. The van der Waals surface area contributed by atoms with E-state index in [1.807, 2.05) is 44.2 Å². The Labute approximate surface area is 248 Å². The van der Waals surface area contributed by atoms with Crippen LogP contribution in [0.5, 0.6) is 11.5 Å². The molecular formula is C34H42N2O6. The number of ether oxygens (including phenoxy) is 2. The number of methoxy groups -OCH3 is 2. The molecule has 3 aromatic rings. The van der Waals surface area contributed by atoms with Crippen LogP contribution in [0.3, 0.4) is 0 Å². The van der Waals surface area contributed by atoms with Crippen molar-refractivity contribution in [2.45, 2.75) is 58.9 Å². The van der Waals surface area contributed by atoms with Crippen molar-refractivity contribution in [1.29, 1.82) is 0 Å². The number of anilines is 1. The fourth-order valence-corrected chi connectivity index (χ4v) is 5.00. The summed E-state index contributed by atoms with van der Waals surface area (Å²) in [6.07, 6.45) is 1.97. The van der Waals surface area contributed by atoms with Crippen molar-refractivity contribution in [3.63, 3.8) is 0 Å². The van der Waals surface area contributed by atoms with Crippen molar-refractivity contribution in [2.24, 2.45) is 11.8 Å². The molecule has 3 rings (SSSR count). The van der Waals surface area contributed by atoms with E-state index in [4.69, 9.17) is 9.47 Å². The van der Waals surface area contributed by atoms with Gasteiger partial charge in [0.15, 0.2) is 11.5 Å². The van der Waals surface area contributed by atoms with Crippen LogP contribution in [-0.4, -0.2) is 37.1 Å². The number of rotatable bonds is 15. The first-order valence-corrected chi connectivity index (χ1v) is 14.3. The number of benzene rings is 3. The Morgan fingerprint density at radius 1 is 0.857 bits per heavy atom. The summed E-state index contributed by atoms with van der Waals surface area (Å²) in [6.45, 7) is 6.08. The summed E-state index contributed by atoms with van der Waals surface area (Å²) in [4.78, 5) is 38.1. The van der Waals surface area contributed by atoms with Gasteiger partial charge in [0, 0.05) is 18.0 Å². The number of carbonyl (C=O) groups is 3. The number of carboxylic acid groups (broad SMARTS) is 1. The molecule has 2 atom stereocenters. The van der Waals surface area contributed by atoms with Gasteiger partial charge < -0.3 is 25.2 Å². The van der Waals surface area contributed by atoms with E-state index < -0.39 is 17.9 Å². The second kappa shape index (κ2) is 15.6. The Hall–Kier alpha value is -4.33. The molecule has 0 heterocycles. The van der Waals surface area contributed by atoms with Crippen LogP contribution in [0.1, 0.15) is 61.4 Å². The highest BCUT2D eigenvalue weighted by molar-refractivity contribution is 5.94. The third-order valence-corrected chi connectivity index (χ3v) is 7.25. The summed E-state index contributed by atoms with van der Waals surface area (Å²) >= 11 is 0. The predicted molar refractivity (Wildman–Crippen MR) is 164 cm³/mol. The van der Waals surface area contributed by atoms with Gasteiger partial charge in [-0.15, -0.1) is 0 Å². The van der Waals surface area contributed by atoms with Gasteiger partial charge in [-0.1, -0.05) is 56.3 Å². The van der Waals surface area contributed by atoms with Gasteiger partial charge in [0.05, 0.1) is 26.7 Å². The zero-order valence-corrected chi connectivity index (χ0v) is 25.1. The second-order valence-corrected chi connectivity index (χ2v) is 11.0. The molecule has 0 aromatic heterocycles. The molecule has 0 fully saturated rings. The molecule has 0 aliphatic heterocycles. The first-order chi connectivity index (χ1) is 20.1. The van der Waals surface area contributed by atoms with E-state index in [-0.39, 0.29) is 30.6 Å². The maximum Gasteiger partial charge on any atom is 0.305 e. The number of amides is 2. The van der Waals surface area contributed by atoms with Crippen molar-refractivity contribution in [2.75, 3.05) is 19.5 Å². The summed E-state index contributed by atoms with van der Waals surface area (Å²) < 4.78 is 10.6. The van der Waals surface area contributed by atoms with Crippen molar-refractivity contribution in [1.82, 2.24) is 5.32 Å². The highest BCUT2D eigenvalue weighted by Crippen LogP contribution is 2.31. The van der Waals surface area contributed by atoms with Crippen molar-refractivity contribution >= 4 is 23.5 Å². The molecule has 0 saturated heterocycles. The number of aliphatic carboxylic acids is 1. The van der Waals surface area contributed by atoms with Gasteiger partial charge in [-0.3, -0.25) is 14.4 Å². The SMILES string of the molecule is COc1ccc([C@H](CC(=O)O)NC(=O)C(CC(=O)Nc2ccc(CCc3ccccc3C)cc2)CC(C)C)cc1OC. The topological polar surface area (TPSA) is 114 Å². The van der Waals surface area contributed by atoms with Gasteiger partial charge >= 0.3 is 5.97 Å². The van der Waals surface area contributed by atoms with Crippen molar-refractivity contribution in [3.05, 3.63) is 89.0 Å². The molecular weight excluding hydrogens is 532 g/mol. The average molecular weight is 575 g/mol. The summed E-state index contributed by atoms with van der Waals surface area (Å²) in [7, 11) is 3.00. The summed E-state index contributed by atoms with van der Waals surface area (Å²) in [5, 5.41) is 15.3. The van der Waals surface area contributed by atoms with E-state index in [1.165, 1.54) is 30.9 Å². The van der Waals surface area contributed by atoms with Gasteiger partial charge in [0.25, 0.3) is 0 Å². The van der Waals surface area contributed by atoms with Gasteiger partial charge in [-0.05, 0) is 78.6 Å². The van der Waals surface area contributed by atoms with Crippen LogP contribution in [0, 0.1) is 18.8 Å². The van der Waals surface area contributed by atoms with E-state index in [1.54, 1.807) is 18.2 Å². The van der Waals surface area contributed by atoms with E-state index >= 15 is 0 Å². The van der Waals surface area contributed by atoms with Gasteiger partial charge in [0.1, 0.15) is 0 Å². The molecule has 2 amide bonds. The van der Waals surface area contributed by atoms with Crippen LogP contribution >= 0.6 is 0 Å². The maximum absolute atomic E-state index is 13.4. The highest BCUT2D eigenvalue weighted by atomic mass is 16.5. The van der Waals surface area contributed by atoms with Crippen LogP contribution < -0.4 is 20.1 Å².